The van der Waals surface area contributed by atoms with Crippen molar-refractivity contribution >= 4 is 26.9 Å². The normalized spacial score (nSPS) is 11.0. The summed E-state index contributed by atoms with van der Waals surface area (Å²) in [7, 11) is 0. The summed E-state index contributed by atoms with van der Waals surface area (Å²) in [5, 5.41) is 1.06. The molecule has 21 heavy (non-hydrogen) atoms. The number of fused-ring (bicyclic) bond motifs is 1. The quantitative estimate of drug-likeness (QED) is 0.754. The molecule has 0 aliphatic rings. The van der Waals surface area contributed by atoms with Crippen molar-refractivity contribution in [3.8, 4) is 5.75 Å². The molecular weight excluding hydrogens is 330 g/mol. The molecule has 2 aromatic carbocycles. The molecule has 2 N–H and O–H groups in total. The van der Waals surface area contributed by atoms with Gasteiger partial charge in [-0.25, -0.2) is 0 Å². The van der Waals surface area contributed by atoms with Crippen LogP contribution in [-0.4, -0.2) is 0 Å². The monoisotopic (exact) mass is 345 g/mol. The minimum Gasteiger partial charge on any atom is -0.485 e. The second kappa shape index (κ2) is 5.92. The standard InChI is InChI=1S/C17H16BrNO2/c1-11-8-12(18)6-7-15(11)20-10-17-14(9-19)13-4-2-3-5-16(13)21-17/h2-8H,9-10,19H2,1H3. The lowest BCUT2D eigenvalue weighted by Crippen LogP contribution is -2.03. The van der Waals surface area contributed by atoms with Crippen LogP contribution in [0.3, 0.4) is 0 Å². The molecule has 0 unspecified atom stereocenters. The Morgan fingerprint density at radius 3 is 2.76 bits per heavy atom. The van der Waals surface area contributed by atoms with Gasteiger partial charge in [-0.3, -0.25) is 0 Å². The van der Waals surface area contributed by atoms with Gasteiger partial charge in [-0.15, -0.1) is 0 Å². The van der Waals surface area contributed by atoms with Gasteiger partial charge in [-0.05, 0) is 36.8 Å². The van der Waals surface area contributed by atoms with E-state index in [1.54, 1.807) is 0 Å². The molecule has 0 aliphatic heterocycles. The molecule has 0 amide bonds. The van der Waals surface area contributed by atoms with Crippen molar-refractivity contribution in [3.05, 3.63) is 63.8 Å². The first-order valence-electron chi connectivity index (χ1n) is 6.77. The number of nitrogens with two attached hydrogens (primary N) is 1. The Hall–Kier alpha value is -1.78. The third-order valence-electron chi connectivity index (χ3n) is 3.48. The van der Waals surface area contributed by atoms with Crippen molar-refractivity contribution < 1.29 is 9.15 Å². The second-order valence-corrected chi connectivity index (χ2v) is 5.82. The highest BCUT2D eigenvalue weighted by Crippen LogP contribution is 2.28. The van der Waals surface area contributed by atoms with E-state index < -0.39 is 0 Å². The molecule has 0 spiro atoms. The van der Waals surface area contributed by atoms with Crippen molar-refractivity contribution in [3.63, 3.8) is 0 Å². The third kappa shape index (κ3) is 2.82. The zero-order valence-corrected chi connectivity index (χ0v) is 13.3. The Labute approximate surface area is 131 Å². The van der Waals surface area contributed by atoms with E-state index >= 15 is 0 Å². The number of halogens is 1. The minimum absolute atomic E-state index is 0.379. The predicted molar refractivity (Wildman–Crippen MR) is 87.3 cm³/mol. The van der Waals surface area contributed by atoms with Gasteiger partial charge in [0.15, 0.2) is 0 Å². The fraction of sp³-hybridized carbons (Fsp3) is 0.176. The van der Waals surface area contributed by atoms with E-state index in [-0.39, 0.29) is 0 Å². The lowest BCUT2D eigenvalue weighted by molar-refractivity contribution is 0.271. The van der Waals surface area contributed by atoms with Crippen LogP contribution in [-0.2, 0) is 13.2 Å². The van der Waals surface area contributed by atoms with Gasteiger partial charge in [-0.1, -0.05) is 34.1 Å². The Kier molecular flexibility index (Phi) is 3.99. The molecule has 0 saturated carbocycles. The smallest absolute Gasteiger partial charge is 0.147 e. The van der Waals surface area contributed by atoms with Crippen molar-refractivity contribution in [1.29, 1.82) is 0 Å². The SMILES string of the molecule is Cc1cc(Br)ccc1OCc1oc2ccccc2c1CN. The Morgan fingerprint density at radius 1 is 1.19 bits per heavy atom. The van der Waals surface area contributed by atoms with Crippen molar-refractivity contribution in [1.82, 2.24) is 0 Å². The first-order chi connectivity index (χ1) is 10.2. The summed E-state index contributed by atoms with van der Waals surface area (Å²) in [5.74, 6) is 1.64. The number of benzene rings is 2. The molecular formula is C17H16BrNO2. The number of furan rings is 1. The number of hydrogen-bond donors (Lipinski definition) is 1. The van der Waals surface area contributed by atoms with Crippen LogP contribution in [0.15, 0.2) is 51.4 Å². The lowest BCUT2D eigenvalue weighted by Gasteiger charge is -2.08. The molecule has 0 bridgehead atoms. The van der Waals surface area contributed by atoms with Crippen molar-refractivity contribution in [2.45, 2.75) is 20.1 Å². The maximum Gasteiger partial charge on any atom is 0.147 e. The number of aryl methyl sites for hydroxylation is 1. The molecule has 4 heteroatoms. The van der Waals surface area contributed by atoms with Crippen LogP contribution in [0.5, 0.6) is 5.75 Å². The molecule has 0 aliphatic carbocycles. The first kappa shape index (κ1) is 14.2. The fourth-order valence-corrected chi connectivity index (χ4v) is 2.88. The highest BCUT2D eigenvalue weighted by molar-refractivity contribution is 9.10. The minimum atomic E-state index is 0.379. The van der Waals surface area contributed by atoms with Crippen molar-refractivity contribution in [2.75, 3.05) is 0 Å². The molecule has 1 heterocycles. The van der Waals surface area contributed by atoms with E-state index in [2.05, 4.69) is 15.9 Å². The van der Waals surface area contributed by atoms with Gasteiger partial charge >= 0.3 is 0 Å². The fourth-order valence-electron chi connectivity index (χ4n) is 2.41. The van der Waals surface area contributed by atoms with E-state index in [4.69, 9.17) is 14.9 Å². The largest absolute Gasteiger partial charge is 0.485 e. The highest BCUT2D eigenvalue weighted by Gasteiger charge is 2.13. The summed E-state index contributed by atoms with van der Waals surface area (Å²) < 4.78 is 12.8. The third-order valence-corrected chi connectivity index (χ3v) is 3.98. The average Bonchev–Trinajstić information content (AvgIpc) is 2.83. The number of para-hydroxylation sites is 1. The molecule has 1 aromatic heterocycles. The highest BCUT2D eigenvalue weighted by atomic mass is 79.9. The first-order valence-corrected chi connectivity index (χ1v) is 7.56. The van der Waals surface area contributed by atoms with E-state index in [1.165, 1.54) is 0 Å². The van der Waals surface area contributed by atoms with Crippen LogP contribution in [0.4, 0.5) is 0 Å². The van der Waals surface area contributed by atoms with Crippen LogP contribution in [0.25, 0.3) is 11.0 Å². The van der Waals surface area contributed by atoms with E-state index in [1.807, 2.05) is 49.4 Å². The molecule has 3 aromatic rings. The van der Waals surface area contributed by atoms with E-state index in [0.29, 0.717) is 13.2 Å². The van der Waals surface area contributed by atoms with Crippen molar-refractivity contribution in [2.24, 2.45) is 5.73 Å². The molecule has 0 saturated heterocycles. The average molecular weight is 346 g/mol. The molecule has 0 atom stereocenters. The summed E-state index contributed by atoms with van der Waals surface area (Å²) in [6, 6.07) is 13.8. The van der Waals surface area contributed by atoms with Crippen LogP contribution >= 0.6 is 15.9 Å². The van der Waals surface area contributed by atoms with Gasteiger partial charge < -0.3 is 14.9 Å². The van der Waals surface area contributed by atoms with Crippen LogP contribution < -0.4 is 10.5 Å². The van der Waals surface area contributed by atoms with Gasteiger partial charge in [0.05, 0.1) is 0 Å². The summed E-state index contributed by atoms with van der Waals surface area (Å²) in [6.45, 7) is 2.83. The van der Waals surface area contributed by atoms with Crippen LogP contribution in [0, 0.1) is 6.92 Å². The van der Waals surface area contributed by atoms with Gasteiger partial charge in [0.25, 0.3) is 0 Å². The van der Waals surface area contributed by atoms with Crippen LogP contribution in [0.2, 0.25) is 0 Å². The molecule has 3 rings (SSSR count). The second-order valence-electron chi connectivity index (χ2n) is 4.90. The molecule has 108 valence electrons. The van der Waals surface area contributed by atoms with Gasteiger partial charge in [0, 0.05) is 22.0 Å². The summed E-state index contributed by atoms with van der Waals surface area (Å²) >= 11 is 3.45. The maximum absolute atomic E-state index is 5.88. The topological polar surface area (TPSA) is 48.4 Å². The molecule has 3 nitrogen and oxygen atoms in total. The predicted octanol–water partition coefficient (Wildman–Crippen LogP) is 4.54. The lowest BCUT2D eigenvalue weighted by atomic mass is 10.1. The Bertz CT molecular complexity index is 780. The number of hydrogen-bond acceptors (Lipinski definition) is 3. The molecule has 0 radical (unpaired) electrons. The summed E-state index contributed by atoms with van der Waals surface area (Å²) in [5.41, 5.74) is 8.80. The van der Waals surface area contributed by atoms with Gasteiger partial charge in [0.2, 0.25) is 0 Å². The Morgan fingerprint density at radius 2 is 2.00 bits per heavy atom. The maximum atomic E-state index is 5.88. The van der Waals surface area contributed by atoms with Crippen LogP contribution in [0.1, 0.15) is 16.9 Å². The molecule has 0 fully saturated rings. The Balaban J connectivity index is 1.88. The zero-order chi connectivity index (χ0) is 14.8. The van der Waals surface area contributed by atoms with E-state index in [0.717, 1.165) is 38.1 Å². The van der Waals surface area contributed by atoms with E-state index in [9.17, 15) is 0 Å². The zero-order valence-electron chi connectivity index (χ0n) is 11.7. The number of ether oxygens (including phenoxy) is 1. The van der Waals surface area contributed by atoms with Gasteiger partial charge in [-0.2, -0.15) is 0 Å². The number of rotatable bonds is 4. The summed E-state index contributed by atoms with van der Waals surface area (Å²) in [4.78, 5) is 0. The van der Waals surface area contributed by atoms with Gasteiger partial charge in [0.1, 0.15) is 23.7 Å². The summed E-state index contributed by atoms with van der Waals surface area (Å²) in [6.07, 6.45) is 0.